The van der Waals surface area contributed by atoms with Crippen LogP contribution in [0.25, 0.3) is 0 Å². The Morgan fingerprint density at radius 2 is 1.67 bits per heavy atom. The van der Waals surface area contributed by atoms with E-state index in [1.807, 2.05) is 24.3 Å². The van der Waals surface area contributed by atoms with Crippen LogP contribution in [0.5, 0.6) is 5.75 Å². The molecule has 0 spiro atoms. The Morgan fingerprint density at radius 3 is 2.39 bits per heavy atom. The van der Waals surface area contributed by atoms with Crippen LogP contribution in [0.1, 0.15) is 25.7 Å². The zero-order valence-corrected chi connectivity index (χ0v) is 13.8. The van der Waals surface area contributed by atoms with Crippen molar-refractivity contribution in [3.05, 3.63) is 28.7 Å². The topological polar surface area (TPSA) is 21.3 Å². The van der Waals surface area contributed by atoms with Gasteiger partial charge in [-0.2, -0.15) is 0 Å². The third-order valence-electron chi connectivity index (χ3n) is 2.60. The smallest absolute Gasteiger partial charge is 0.119 e. The van der Waals surface area contributed by atoms with Crippen molar-refractivity contribution >= 4 is 31.9 Å². The standard InChI is InChI=1S/C14H21Br2NO/c15-9-3-1-2-4-10-17-11-12-18-14-7-5-13(16)6-8-14/h5-8,17H,1-4,9-12H2. The Hall–Kier alpha value is -0.0600. The van der Waals surface area contributed by atoms with E-state index in [2.05, 4.69) is 37.2 Å². The first-order valence-corrected chi connectivity index (χ1v) is 8.39. The molecule has 1 aromatic carbocycles. The number of rotatable bonds is 10. The molecule has 4 heteroatoms. The lowest BCUT2D eigenvalue weighted by Gasteiger charge is -2.07. The average molecular weight is 379 g/mol. The van der Waals surface area contributed by atoms with Crippen LogP contribution in [0.3, 0.4) is 0 Å². The molecule has 0 saturated heterocycles. The van der Waals surface area contributed by atoms with Crippen LogP contribution in [-0.4, -0.2) is 25.0 Å². The fourth-order valence-corrected chi connectivity index (χ4v) is 2.26. The molecule has 1 N–H and O–H groups in total. The highest BCUT2D eigenvalue weighted by atomic mass is 79.9. The van der Waals surface area contributed by atoms with Gasteiger partial charge in [0, 0.05) is 16.3 Å². The first-order valence-electron chi connectivity index (χ1n) is 6.48. The molecule has 0 bridgehead atoms. The first kappa shape index (κ1) is 16.0. The molecule has 0 radical (unpaired) electrons. The highest BCUT2D eigenvalue weighted by molar-refractivity contribution is 9.10. The molecule has 18 heavy (non-hydrogen) atoms. The lowest BCUT2D eigenvalue weighted by molar-refractivity contribution is 0.313. The van der Waals surface area contributed by atoms with Crippen LogP contribution in [-0.2, 0) is 0 Å². The minimum atomic E-state index is 0.725. The Labute approximate surface area is 127 Å². The van der Waals surface area contributed by atoms with E-state index < -0.39 is 0 Å². The first-order chi connectivity index (χ1) is 8.83. The number of alkyl halides is 1. The number of unbranched alkanes of at least 4 members (excludes halogenated alkanes) is 3. The summed E-state index contributed by atoms with van der Waals surface area (Å²) in [5, 5.41) is 4.52. The summed E-state index contributed by atoms with van der Waals surface area (Å²) in [7, 11) is 0. The summed E-state index contributed by atoms with van der Waals surface area (Å²) in [6, 6.07) is 7.94. The summed E-state index contributed by atoms with van der Waals surface area (Å²) < 4.78 is 6.70. The number of benzene rings is 1. The van der Waals surface area contributed by atoms with E-state index in [1.165, 1.54) is 25.7 Å². The lowest BCUT2D eigenvalue weighted by Crippen LogP contribution is -2.22. The van der Waals surface area contributed by atoms with E-state index in [0.29, 0.717) is 0 Å². The van der Waals surface area contributed by atoms with Crippen molar-refractivity contribution < 1.29 is 4.74 Å². The third kappa shape index (κ3) is 8.11. The van der Waals surface area contributed by atoms with Gasteiger partial charge in [0.15, 0.2) is 0 Å². The Kier molecular flexibility index (Phi) is 9.62. The van der Waals surface area contributed by atoms with Crippen LogP contribution in [0.2, 0.25) is 0 Å². The van der Waals surface area contributed by atoms with Crippen molar-refractivity contribution in [2.24, 2.45) is 0 Å². The van der Waals surface area contributed by atoms with E-state index in [1.54, 1.807) is 0 Å². The number of halogens is 2. The maximum atomic E-state index is 5.62. The number of hydrogen-bond acceptors (Lipinski definition) is 2. The second kappa shape index (κ2) is 10.8. The van der Waals surface area contributed by atoms with Crippen LogP contribution >= 0.6 is 31.9 Å². The van der Waals surface area contributed by atoms with E-state index in [4.69, 9.17) is 4.74 Å². The Morgan fingerprint density at radius 1 is 0.944 bits per heavy atom. The summed E-state index contributed by atoms with van der Waals surface area (Å²) in [6.07, 6.45) is 5.17. The van der Waals surface area contributed by atoms with Gasteiger partial charge in [-0.1, -0.05) is 44.7 Å². The fourth-order valence-electron chi connectivity index (χ4n) is 1.59. The molecule has 0 saturated carbocycles. The van der Waals surface area contributed by atoms with Crippen LogP contribution < -0.4 is 10.1 Å². The van der Waals surface area contributed by atoms with Crippen molar-refractivity contribution in [1.82, 2.24) is 5.32 Å². The summed E-state index contributed by atoms with van der Waals surface area (Å²) in [6.45, 7) is 2.73. The van der Waals surface area contributed by atoms with Gasteiger partial charge in [0.05, 0.1) is 0 Å². The summed E-state index contributed by atoms with van der Waals surface area (Å²) in [5.41, 5.74) is 0. The second-order valence-electron chi connectivity index (χ2n) is 4.16. The van der Waals surface area contributed by atoms with Crippen LogP contribution in [0.4, 0.5) is 0 Å². The predicted molar refractivity (Wildman–Crippen MR) is 84.8 cm³/mol. The highest BCUT2D eigenvalue weighted by Gasteiger charge is 1.94. The van der Waals surface area contributed by atoms with Crippen LogP contribution in [0, 0.1) is 0 Å². The molecular formula is C14H21Br2NO. The fraction of sp³-hybridized carbons (Fsp3) is 0.571. The molecule has 0 heterocycles. The zero-order valence-electron chi connectivity index (χ0n) is 10.6. The Bertz CT molecular complexity index is 303. The van der Waals surface area contributed by atoms with Gasteiger partial charge in [0.2, 0.25) is 0 Å². The van der Waals surface area contributed by atoms with Crippen molar-refractivity contribution in [1.29, 1.82) is 0 Å². The van der Waals surface area contributed by atoms with E-state index in [0.717, 1.165) is 35.2 Å². The lowest BCUT2D eigenvalue weighted by atomic mass is 10.2. The molecule has 1 aromatic rings. The largest absolute Gasteiger partial charge is 0.492 e. The minimum Gasteiger partial charge on any atom is -0.492 e. The maximum Gasteiger partial charge on any atom is 0.119 e. The van der Waals surface area contributed by atoms with Gasteiger partial charge in [0.25, 0.3) is 0 Å². The molecule has 0 aliphatic carbocycles. The van der Waals surface area contributed by atoms with Gasteiger partial charge < -0.3 is 10.1 Å². The van der Waals surface area contributed by atoms with Gasteiger partial charge in [-0.3, -0.25) is 0 Å². The molecule has 0 aliphatic heterocycles. The zero-order chi connectivity index (χ0) is 13.1. The molecule has 0 aromatic heterocycles. The molecule has 0 unspecified atom stereocenters. The molecule has 0 atom stereocenters. The molecule has 102 valence electrons. The maximum absolute atomic E-state index is 5.62. The molecule has 0 fully saturated rings. The molecule has 0 aliphatic rings. The predicted octanol–water partition coefficient (Wildman–Crippen LogP) is 4.37. The quantitative estimate of drug-likeness (QED) is 0.482. The average Bonchev–Trinajstić information content (AvgIpc) is 2.39. The summed E-state index contributed by atoms with van der Waals surface area (Å²) in [4.78, 5) is 0. The summed E-state index contributed by atoms with van der Waals surface area (Å²) >= 11 is 6.85. The van der Waals surface area contributed by atoms with Gasteiger partial charge in [-0.25, -0.2) is 0 Å². The van der Waals surface area contributed by atoms with Crippen molar-refractivity contribution in [2.75, 3.05) is 25.0 Å². The van der Waals surface area contributed by atoms with E-state index in [9.17, 15) is 0 Å². The van der Waals surface area contributed by atoms with E-state index >= 15 is 0 Å². The van der Waals surface area contributed by atoms with E-state index in [-0.39, 0.29) is 0 Å². The monoisotopic (exact) mass is 377 g/mol. The van der Waals surface area contributed by atoms with Crippen molar-refractivity contribution in [3.63, 3.8) is 0 Å². The third-order valence-corrected chi connectivity index (χ3v) is 3.69. The molecule has 1 rings (SSSR count). The molecule has 2 nitrogen and oxygen atoms in total. The summed E-state index contributed by atoms with van der Waals surface area (Å²) in [5.74, 6) is 0.928. The molecule has 0 amide bonds. The SMILES string of the molecule is BrCCCCCCNCCOc1ccc(Br)cc1. The van der Waals surface area contributed by atoms with Crippen molar-refractivity contribution in [3.8, 4) is 5.75 Å². The second-order valence-corrected chi connectivity index (χ2v) is 5.86. The normalized spacial score (nSPS) is 10.6. The van der Waals surface area contributed by atoms with Gasteiger partial charge in [0.1, 0.15) is 12.4 Å². The number of nitrogens with one attached hydrogen (secondary N) is 1. The van der Waals surface area contributed by atoms with Crippen LogP contribution in [0.15, 0.2) is 28.7 Å². The molecular weight excluding hydrogens is 358 g/mol. The van der Waals surface area contributed by atoms with Crippen molar-refractivity contribution in [2.45, 2.75) is 25.7 Å². The number of ether oxygens (including phenoxy) is 1. The van der Waals surface area contributed by atoms with Gasteiger partial charge in [-0.15, -0.1) is 0 Å². The minimum absolute atomic E-state index is 0.725. The van der Waals surface area contributed by atoms with Gasteiger partial charge >= 0.3 is 0 Å². The number of hydrogen-bond donors (Lipinski definition) is 1. The Balaban J connectivity index is 1.91. The van der Waals surface area contributed by atoms with Gasteiger partial charge in [-0.05, 0) is 43.7 Å². The highest BCUT2D eigenvalue weighted by Crippen LogP contribution is 2.15.